The predicted octanol–water partition coefficient (Wildman–Crippen LogP) is 5.20. The highest BCUT2D eigenvalue weighted by Crippen LogP contribution is 2.40. The molecule has 1 aliphatic rings. The number of carbonyl (C=O) groups excluding carboxylic acids is 3. The molecular formula is C36H31F3N12O5S2. The van der Waals surface area contributed by atoms with Gasteiger partial charge in [-0.25, -0.2) is 0 Å². The van der Waals surface area contributed by atoms with E-state index in [9.17, 15) is 27.6 Å². The van der Waals surface area contributed by atoms with Crippen LogP contribution in [0.1, 0.15) is 40.8 Å². The van der Waals surface area contributed by atoms with E-state index in [4.69, 9.17) is 4.74 Å². The Bertz CT molecular complexity index is 2340. The summed E-state index contributed by atoms with van der Waals surface area (Å²) in [6.07, 6.45) is -1.24. The number of anilines is 4. The quantitative estimate of drug-likeness (QED) is 0.129. The van der Waals surface area contributed by atoms with Crippen LogP contribution in [0.25, 0.3) is 0 Å². The molecule has 0 saturated carbocycles. The van der Waals surface area contributed by atoms with Gasteiger partial charge in [0.05, 0.1) is 25.3 Å². The van der Waals surface area contributed by atoms with E-state index < -0.39 is 30.2 Å². The summed E-state index contributed by atoms with van der Waals surface area (Å²) in [5, 5.41) is 35.1. The number of pyridine rings is 2. The highest BCUT2D eigenvalue weighted by Gasteiger charge is 2.36. The maximum Gasteiger partial charge on any atom is 0.573 e. The Hall–Kier alpha value is -6.68. The molecule has 6 aromatic rings. The number of aromatic nitrogens is 8. The third-order valence-corrected chi connectivity index (χ3v) is 10.1. The molecule has 3 amide bonds. The molecule has 298 valence electrons. The van der Waals surface area contributed by atoms with Gasteiger partial charge >= 0.3 is 6.36 Å². The largest absolute Gasteiger partial charge is 0.573 e. The molecular weight excluding hydrogens is 802 g/mol. The molecule has 2 atom stereocenters. The molecule has 2 unspecified atom stereocenters. The lowest BCUT2D eigenvalue weighted by Gasteiger charge is -2.37. The molecule has 58 heavy (non-hydrogen) atoms. The SMILES string of the molecule is O=C(Cc1cccc(OC(F)(F)F)c1)Nc1ccc(OC2CCN(c3nnc(NC(=O)Cc4ccccn4)s3)C(c3nnc(NC(=O)Cc4ccccn4)s3)C2)nn1. The molecule has 3 N–H and O–H groups in total. The first-order valence-corrected chi connectivity index (χ1v) is 19.1. The number of amides is 3. The van der Waals surface area contributed by atoms with E-state index in [1.165, 1.54) is 46.9 Å². The van der Waals surface area contributed by atoms with Gasteiger partial charge in [-0.05, 0) is 48.0 Å². The Morgan fingerprint density at radius 3 is 2.09 bits per heavy atom. The van der Waals surface area contributed by atoms with Gasteiger partial charge in [-0.15, -0.1) is 43.8 Å². The average Bonchev–Trinajstić information content (AvgIpc) is 3.85. The van der Waals surface area contributed by atoms with Gasteiger partial charge in [0, 0.05) is 49.2 Å². The van der Waals surface area contributed by atoms with Crippen molar-refractivity contribution >= 4 is 61.6 Å². The highest BCUT2D eigenvalue weighted by atomic mass is 32.1. The summed E-state index contributed by atoms with van der Waals surface area (Å²) in [5.41, 5.74) is 1.51. The lowest BCUT2D eigenvalue weighted by molar-refractivity contribution is -0.274. The molecule has 6 heterocycles. The van der Waals surface area contributed by atoms with E-state index in [-0.39, 0.29) is 42.8 Å². The van der Waals surface area contributed by atoms with E-state index in [1.54, 1.807) is 48.8 Å². The minimum atomic E-state index is -4.86. The maximum absolute atomic E-state index is 12.8. The van der Waals surface area contributed by atoms with Crippen molar-refractivity contribution in [2.75, 3.05) is 27.4 Å². The van der Waals surface area contributed by atoms with Crippen LogP contribution >= 0.6 is 22.7 Å². The topological polar surface area (TPSA) is 212 Å². The minimum Gasteiger partial charge on any atom is -0.473 e. The highest BCUT2D eigenvalue weighted by molar-refractivity contribution is 7.19. The molecule has 1 saturated heterocycles. The zero-order valence-corrected chi connectivity index (χ0v) is 31.6. The van der Waals surface area contributed by atoms with E-state index in [1.807, 2.05) is 4.90 Å². The summed E-state index contributed by atoms with van der Waals surface area (Å²) < 4.78 is 48.0. The molecule has 1 fully saturated rings. The fraction of sp³-hybridized carbons (Fsp3) is 0.250. The van der Waals surface area contributed by atoms with Crippen LogP contribution in [0.3, 0.4) is 0 Å². The third kappa shape index (κ3) is 11.2. The Morgan fingerprint density at radius 1 is 0.741 bits per heavy atom. The van der Waals surface area contributed by atoms with E-state index in [0.717, 1.165) is 12.1 Å². The smallest absolute Gasteiger partial charge is 0.473 e. The standard InChI is InChI=1S/C36H31F3N12O5S2/c37-36(38,39)56-25-9-5-6-21(16-25)17-28(52)42-27-10-11-31(46-45-27)55-24-12-15-51(35-50-49-34(58-35)44-30(54)19-23-8-2-4-14-41-23)26(20-24)32-47-48-33(57-32)43-29(53)18-22-7-1-3-13-40-22/h1-11,13-14,16,24,26H,12,15,17-20H2,(H,42,45,52)(H,43,48,53)(H,44,49,54). The van der Waals surface area contributed by atoms with Crippen LogP contribution in [0.5, 0.6) is 11.6 Å². The molecule has 0 spiro atoms. The molecule has 22 heteroatoms. The number of halogens is 3. The Balaban J connectivity index is 1.01. The van der Waals surface area contributed by atoms with E-state index >= 15 is 0 Å². The fourth-order valence-electron chi connectivity index (χ4n) is 5.81. The normalized spacial score (nSPS) is 15.3. The van der Waals surface area contributed by atoms with Crippen LogP contribution in [0.2, 0.25) is 0 Å². The lowest BCUT2D eigenvalue weighted by atomic mass is 10.0. The van der Waals surface area contributed by atoms with Crippen LogP contribution in [0, 0.1) is 0 Å². The molecule has 1 aromatic carbocycles. The number of alkyl halides is 3. The van der Waals surface area contributed by atoms with Crippen molar-refractivity contribution in [1.82, 2.24) is 40.6 Å². The molecule has 5 aromatic heterocycles. The molecule has 0 aliphatic carbocycles. The summed E-state index contributed by atoms with van der Waals surface area (Å²) in [7, 11) is 0. The predicted molar refractivity (Wildman–Crippen MR) is 204 cm³/mol. The van der Waals surface area contributed by atoms with Crippen molar-refractivity contribution in [3.63, 3.8) is 0 Å². The van der Waals surface area contributed by atoms with Crippen molar-refractivity contribution in [1.29, 1.82) is 0 Å². The van der Waals surface area contributed by atoms with Gasteiger partial charge in [0.1, 0.15) is 16.9 Å². The van der Waals surface area contributed by atoms with Gasteiger partial charge in [0.2, 0.25) is 39.0 Å². The molecule has 17 nitrogen and oxygen atoms in total. The molecule has 7 rings (SSSR count). The van der Waals surface area contributed by atoms with Crippen LogP contribution in [0.4, 0.5) is 34.4 Å². The number of rotatable bonds is 14. The van der Waals surface area contributed by atoms with Crippen LogP contribution in [0.15, 0.2) is 85.2 Å². The number of nitrogens with one attached hydrogen (secondary N) is 3. The molecule has 0 radical (unpaired) electrons. The zero-order valence-electron chi connectivity index (χ0n) is 30.0. The lowest BCUT2D eigenvalue weighted by Crippen LogP contribution is -2.41. The second-order valence-corrected chi connectivity index (χ2v) is 14.5. The number of carbonyl (C=O) groups is 3. The maximum atomic E-state index is 12.8. The fourth-order valence-corrected chi connectivity index (χ4v) is 7.53. The van der Waals surface area contributed by atoms with Crippen LogP contribution in [-0.4, -0.2) is 77.3 Å². The number of hydrogen-bond acceptors (Lipinski definition) is 16. The van der Waals surface area contributed by atoms with E-state index in [2.05, 4.69) is 61.2 Å². The first-order valence-electron chi connectivity index (χ1n) is 17.5. The van der Waals surface area contributed by atoms with Gasteiger partial charge < -0.3 is 30.3 Å². The van der Waals surface area contributed by atoms with Crippen molar-refractivity contribution in [3.05, 3.63) is 107 Å². The Kier molecular flexibility index (Phi) is 12.3. The van der Waals surface area contributed by atoms with Crippen molar-refractivity contribution < 1.29 is 37.0 Å². The number of benzene rings is 1. The van der Waals surface area contributed by atoms with Gasteiger partial charge in [0.25, 0.3) is 0 Å². The van der Waals surface area contributed by atoms with Crippen molar-refractivity contribution in [2.24, 2.45) is 0 Å². The number of ether oxygens (including phenoxy) is 2. The summed E-state index contributed by atoms with van der Waals surface area (Å²) in [6, 6.07) is 18.3. The zero-order chi connectivity index (χ0) is 40.5. The van der Waals surface area contributed by atoms with Crippen LogP contribution in [-0.2, 0) is 33.6 Å². The minimum absolute atomic E-state index is 0.0546. The Labute approximate surface area is 335 Å². The first kappa shape index (κ1) is 39.6. The summed E-state index contributed by atoms with van der Waals surface area (Å²) in [6.45, 7) is 0.434. The number of nitrogens with zero attached hydrogens (tertiary/aromatic N) is 9. The van der Waals surface area contributed by atoms with Gasteiger partial charge in [0.15, 0.2) is 5.82 Å². The van der Waals surface area contributed by atoms with Gasteiger partial charge in [-0.2, -0.15) is 0 Å². The summed E-state index contributed by atoms with van der Waals surface area (Å²) in [4.78, 5) is 48.5. The molecule has 0 bridgehead atoms. The summed E-state index contributed by atoms with van der Waals surface area (Å²) in [5.74, 6) is -1.27. The second kappa shape index (κ2) is 18.1. The average molecular weight is 833 g/mol. The monoisotopic (exact) mass is 832 g/mol. The summed E-state index contributed by atoms with van der Waals surface area (Å²) >= 11 is 2.39. The molecule has 1 aliphatic heterocycles. The van der Waals surface area contributed by atoms with Gasteiger partial charge in [-0.1, -0.05) is 46.9 Å². The van der Waals surface area contributed by atoms with E-state index in [0.29, 0.717) is 56.7 Å². The van der Waals surface area contributed by atoms with Crippen molar-refractivity contribution in [2.45, 2.75) is 50.6 Å². The van der Waals surface area contributed by atoms with Crippen LogP contribution < -0.4 is 30.3 Å². The first-order chi connectivity index (χ1) is 28.0. The third-order valence-electron chi connectivity index (χ3n) is 8.26. The number of hydrogen-bond donors (Lipinski definition) is 3. The second-order valence-electron chi connectivity index (χ2n) is 12.6. The van der Waals surface area contributed by atoms with Crippen molar-refractivity contribution in [3.8, 4) is 11.6 Å². The number of piperidine rings is 1. The van der Waals surface area contributed by atoms with Gasteiger partial charge in [-0.3, -0.25) is 24.4 Å². The Morgan fingerprint density at radius 2 is 1.43 bits per heavy atom.